The Hall–Kier alpha value is -3.94. The molecule has 0 saturated heterocycles. The minimum absolute atomic E-state index is 0.107. The second-order valence-electron chi connectivity index (χ2n) is 5.72. The fourth-order valence-corrected chi connectivity index (χ4v) is 2.51. The van der Waals surface area contributed by atoms with E-state index in [0.717, 1.165) is 4.57 Å². The summed E-state index contributed by atoms with van der Waals surface area (Å²) in [6.07, 6.45) is 1.22. The molecular formula is C19H16N4O4. The van der Waals surface area contributed by atoms with Crippen LogP contribution in [0.15, 0.2) is 65.6 Å². The van der Waals surface area contributed by atoms with Crippen molar-refractivity contribution < 1.29 is 14.7 Å². The number of rotatable bonds is 5. The molecule has 2 aromatic carbocycles. The maximum Gasteiger partial charge on any atom is 0.323 e. The molecule has 4 N–H and O–H groups in total. The van der Waals surface area contributed by atoms with E-state index in [2.05, 4.69) is 10.3 Å². The topological polar surface area (TPSA) is 127 Å². The molecule has 0 atom stereocenters. The molecule has 0 radical (unpaired) electrons. The summed E-state index contributed by atoms with van der Waals surface area (Å²) in [5.74, 6) is -1.53. The van der Waals surface area contributed by atoms with Gasteiger partial charge in [-0.05, 0) is 36.4 Å². The smallest absolute Gasteiger partial charge is 0.323 e. The number of nitrogens with two attached hydrogens (primary N) is 1. The molecule has 0 aliphatic heterocycles. The second-order valence-corrected chi connectivity index (χ2v) is 5.72. The minimum Gasteiger partial charge on any atom is -0.480 e. The van der Waals surface area contributed by atoms with Crippen LogP contribution in [0.3, 0.4) is 0 Å². The van der Waals surface area contributed by atoms with E-state index in [9.17, 15) is 14.4 Å². The van der Waals surface area contributed by atoms with E-state index in [1.165, 1.54) is 6.20 Å². The van der Waals surface area contributed by atoms with Crippen LogP contribution in [0.1, 0.15) is 10.4 Å². The minimum atomic E-state index is -1.21. The van der Waals surface area contributed by atoms with Crippen LogP contribution >= 0.6 is 0 Å². The zero-order chi connectivity index (χ0) is 19.4. The molecule has 3 aromatic rings. The number of nitrogens with zero attached hydrogens (tertiary/aromatic N) is 2. The van der Waals surface area contributed by atoms with Crippen molar-refractivity contribution in [2.75, 3.05) is 11.1 Å². The highest BCUT2D eigenvalue weighted by molar-refractivity contribution is 6.04. The van der Waals surface area contributed by atoms with Crippen molar-refractivity contribution in [3.05, 3.63) is 76.7 Å². The molecule has 0 aliphatic rings. The molecule has 1 heterocycles. The van der Waals surface area contributed by atoms with Gasteiger partial charge in [-0.15, -0.1) is 0 Å². The number of carbonyl (C=O) groups excluding carboxylic acids is 1. The number of aromatic nitrogens is 2. The largest absolute Gasteiger partial charge is 0.480 e. The first-order valence-corrected chi connectivity index (χ1v) is 7.99. The Morgan fingerprint density at radius 3 is 2.37 bits per heavy atom. The van der Waals surface area contributed by atoms with Gasteiger partial charge in [-0.25, -0.2) is 4.98 Å². The summed E-state index contributed by atoms with van der Waals surface area (Å²) in [4.78, 5) is 40.4. The summed E-state index contributed by atoms with van der Waals surface area (Å²) in [5.41, 5.74) is 6.31. The molecule has 0 spiro atoms. The van der Waals surface area contributed by atoms with Crippen LogP contribution in [-0.2, 0) is 11.3 Å². The fourth-order valence-electron chi connectivity index (χ4n) is 2.51. The molecule has 0 unspecified atom stereocenters. The monoisotopic (exact) mass is 364 g/mol. The molecule has 0 saturated carbocycles. The molecule has 136 valence electrons. The Labute approximate surface area is 153 Å². The number of carboxylic acid groups (broad SMARTS) is 1. The number of aliphatic carboxylic acids is 1. The Bertz CT molecular complexity index is 1040. The van der Waals surface area contributed by atoms with Crippen LogP contribution < -0.4 is 16.6 Å². The molecule has 0 bridgehead atoms. The van der Waals surface area contributed by atoms with E-state index >= 15 is 0 Å². The van der Waals surface area contributed by atoms with Crippen molar-refractivity contribution in [3.63, 3.8) is 0 Å². The third kappa shape index (κ3) is 4.01. The van der Waals surface area contributed by atoms with Crippen LogP contribution in [0, 0.1) is 0 Å². The summed E-state index contributed by atoms with van der Waals surface area (Å²) in [7, 11) is 0. The van der Waals surface area contributed by atoms with Crippen LogP contribution in [0.2, 0.25) is 0 Å². The predicted molar refractivity (Wildman–Crippen MR) is 100 cm³/mol. The molecule has 1 amide bonds. The van der Waals surface area contributed by atoms with Crippen molar-refractivity contribution in [1.82, 2.24) is 9.55 Å². The number of hydrogen-bond donors (Lipinski definition) is 3. The van der Waals surface area contributed by atoms with Crippen molar-refractivity contribution in [2.24, 2.45) is 0 Å². The Morgan fingerprint density at radius 2 is 1.74 bits per heavy atom. The Balaban J connectivity index is 2.02. The van der Waals surface area contributed by atoms with E-state index in [1.54, 1.807) is 54.6 Å². The third-order valence-corrected chi connectivity index (χ3v) is 3.79. The zero-order valence-electron chi connectivity index (χ0n) is 14.1. The van der Waals surface area contributed by atoms with E-state index in [1.807, 2.05) is 0 Å². The molecule has 27 heavy (non-hydrogen) atoms. The van der Waals surface area contributed by atoms with Crippen molar-refractivity contribution in [3.8, 4) is 11.4 Å². The average molecular weight is 364 g/mol. The maximum absolute atomic E-state index is 12.8. The van der Waals surface area contributed by atoms with Gasteiger partial charge in [0.2, 0.25) is 0 Å². The lowest BCUT2D eigenvalue weighted by Crippen LogP contribution is -2.30. The van der Waals surface area contributed by atoms with E-state index in [0.29, 0.717) is 16.8 Å². The standard InChI is InChI=1S/C19H16N4O4/c20-14-8-6-12(7-9-14)17-21-10-15(19(27)23(17)11-16(24)25)22-18(26)13-4-2-1-3-5-13/h1-10H,11,20H2,(H,22,26)(H,24,25). The van der Waals surface area contributed by atoms with Gasteiger partial charge in [-0.1, -0.05) is 18.2 Å². The van der Waals surface area contributed by atoms with Crippen LogP contribution in [0.5, 0.6) is 0 Å². The van der Waals surface area contributed by atoms with Gasteiger partial charge in [0.25, 0.3) is 11.5 Å². The maximum atomic E-state index is 12.8. The van der Waals surface area contributed by atoms with Crippen molar-refractivity contribution in [1.29, 1.82) is 0 Å². The number of benzene rings is 2. The zero-order valence-corrected chi connectivity index (χ0v) is 14.1. The first kappa shape index (κ1) is 17.9. The summed E-state index contributed by atoms with van der Waals surface area (Å²) in [6.45, 7) is -0.597. The highest BCUT2D eigenvalue weighted by atomic mass is 16.4. The number of carbonyl (C=O) groups is 2. The lowest BCUT2D eigenvalue weighted by Gasteiger charge is -2.13. The summed E-state index contributed by atoms with van der Waals surface area (Å²) >= 11 is 0. The SMILES string of the molecule is Nc1ccc(-c2ncc(NC(=O)c3ccccc3)c(=O)n2CC(=O)O)cc1. The molecule has 3 rings (SSSR count). The fraction of sp³-hybridized carbons (Fsp3) is 0.0526. The molecule has 0 aliphatic carbocycles. The summed E-state index contributed by atoms with van der Waals surface area (Å²) in [5, 5.41) is 11.6. The van der Waals surface area contributed by atoms with Gasteiger partial charge in [-0.2, -0.15) is 0 Å². The van der Waals surface area contributed by atoms with Gasteiger partial charge in [0.1, 0.15) is 18.1 Å². The van der Waals surface area contributed by atoms with Gasteiger partial charge in [0.15, 0.2) is 0 Å². The Morgan fingerprint density at radius 1 is 1.07 bits per heavy atom. The summed E-state index contributed by atoms with van der Waals surface area (Å²) < 4.78 is 0.995. The van der Waals surface area contributed by atoms with Gasteiger partial charge in [0, 0.05) is 16.8 Å². The molecular weight excluding hydrogens is 348 g/mol. The van der Waals surface area contributed by atoms with Crippen molar-refractivity contribution in [2.45, 2.75) is 6.54 Å². The van der Waals surface area contributed by atoms with Gasteiger partial charge in [0.05, 0.1) is 6.20 Å². The quantitative estimate of drug-likeness (QED) is 0.593. The first-order valence-electron chi connectivity index (χ1n) is 7.99. The molecule has 0 fully saturated rings. The van der Waals surface area contributed by atoms with Crippen LogP contribution in [0.4, 0.5) is 11.4 Å². The normalized spacial score (nSPS) is 10.4. The number of hydrogen-bond acceptors (Lipinski definition) is 5. The summed E-state index contributed by atoms with van der Waals surface area (Å²) in [6, 6.07) is 14.9. The first-order chi connectivity index (χ1) is 13.0. The number of carboxylic acids is 1. The molecule has 1 aromatic heterocycles. The van der Waals surface area contributed by atoms with E-state index < -0.39 is 24.0 Å². The molecule has 8 heteroatoms. The molecule has 8 nitrogen and oxygen atoms in total. The van der Waals surface area contributed by atoms with Crippen molar-refractivity contribution >= 4 is 23.3 Å². The number of nitrogens with one attached hydrogen (secondary N) is 1. The number of anilines is 2. The number of amides is 1. The average Bonchev–Trinajstić information content (AvgIpc) is 2.66. The number of nitrogen functional groups attached to an aromatic ring is 1. The van der Waals surface area contributed by atoms with E-state index in [-0.39, 0.29) is 11.5 Å². The van der Waals surface area contributed by atoms with Crippen LogP contribution in [-0.4, -0.2) is 26.5 Å². The lowest BCUT2D eigenvalue weighted by atomic mass is 10.2. The third-order valence-electron chi connectivity index (χ3n) is 3.79. The highest BCUT2D eigenvalue weighted by Gasteiger charge is 2.16. The predicted octanol–water partition coefficient (Wildman–Crippen LogP) is 1.83. The van der Waals surface area contributed by atoms with E-state index in [4.69, 9.17) is 10.8 Å². The van der Waals surface area contributed by atoms with Gasteiger partial charge >= 0.3 is 5.97 Å². The highest BCUT2D eigenvalue weighted by Crippen LogP contribution is 2.18. The van der Waals surface area contributed by atoms with Gasteiger partial charge < -0.3 is 16.2 Å². The lowest BCUT2D eigenvalue weighted by molar-refractivity contribution is -0.137. The Kier molecular flexibility index (Phi) is 4.98. The van der Waals surface area contributed by atoms with Crippen LogP contribution in [0.25, 0.3) is 11.4 Å². The second kappa shape index (κ2) is 7.52. The van der Waals surface area contributed by atoms with Gasteiger partial charge in [-0.3, -0.25) is 19.0 Å².